The first-order valence-corrected chi connectivity index (χ1v) is 13.8. The normalized spacial score (nSPS) is 20.6. The van der Waals surface area contributed by atoms with Gasteiger partial charge in [0.1, 0.15) is 24.1 Å². The molecule has 0 radical (unpaired) electrons. The molecule has 2 atom stereocenters. The van der Waals surface area contributed by atoms with Crippen LogP contribution < -0.4 is 26.0 Å². The minimum Gasteiger partial charge on any atom is -0.543 e. The van der Waals surface area contributed by atoms with Crippen LogP contribution in [0.15, 0.2) is 41.0 Å². The molecule has 6 rings (SSSR count). The van der Waals surface area contributed by atoms with Gasteiger partial charge in [-0.1, -0.05) is 14.8 Å². The van der Waals surface area contributed by atoms with Gasteiger partial charge in [-0.3, -0.25) is 24.6 Å². The summed E-state index contributed by atoms with van der Waals surface area (Å²) in [5, 5.41) is 24.9. The number of carboxylic acid groups (broad SMARTS) is 1. The maximum Gasteiger partial charge on any atom is 0.309 e. The maximum atomic E-state index is 13.2. The molecular weight excluding hydrogens is 564 g/mol. The van der Waals surface area contributed by atoms with Gasteiger partial charge < -0.3 is 25.8 Å². The number of aromatic nitrogens is 5. The minimum absolute atomic E-state index is 0.0343. The smallest absolute Gasteiger partial charge is 0.309 e. The summed E-state index contributed by atoms with van der Waals surface area (Å²) in [4.78, 5) is 60.0. The SMILES string of the molecule is Nc1nc(/C(=N/OC2CC2)C(=O)N[C@@H]2C(=O)N3C(C(=O)[O-])=C(C[n+]4cc(NC=O)n5ncccc54)CS[C@H]23)ns1. The number of hydrogen-bond donors (Lipinski definition) is 3. The third-order valence-corrected chi connectivity index (χ3v) is 8.19. The highest BCUT2D eigenvalue weighted by Gasteiger charge is 2.53. The number of carbonyl (C=O) groups excluding carboxylic acids is 4. The summed E-state index contributed by atoms with van der Waals surface area (Å²) in [6.07, 6.45) is 5.18. The van der Waals surface area contributed by atoms with E-state index in [0.717, 1.165) is 29.3 Å². The largest absolute Gasteiger partial charge is 0.543 e. The first-order chi connectivity index (χ1) is 19.4. The van der Waals surface area contributed by atoms with Crippen molar-refractivity contribution in [3.63, 3.8) is 0 Å². The maximum absolute atomic E-state index is 13.2. The van der Waals surface area contributed by atoms with E-state index in [4.69, 9.17) is 10.6 Å². The molecule has 2 fully saturated rings. The molecule has 3 aliphatic rings. The van der Waals surface area contributed by atoms with Crippen LogP contribution in [-0.4, -0.2) is 77.0 Å². The van der Waals surface area contributed by atoms with Gasteiger partial charge in [0.15, 0.2) is 11.3 Å². The molecule has 0 aromatic carbocycles. The van der Waals surface area contributed by atoms with Crippen LogP contribution in [0.5, 0.6) is 0 Å². The first kappa shape index (κ1) is 25.7. The van der Waals surface area contributed by atoms with Crippen LogP contribution in [0.1, 0.15) is 18.7 Å². The van der Waals surface area contributed by atoms with Gasteiger partial charge >= 0.3 is 5.65 Å². The molecule has 4 N–H and O–H groups in total. The van der Waals surface area contributed by atoms with Crippen molar-refractivity contribution in [2.45, 2.75) is 36.9 Å². The molecule has 40 heavy (non-hydrogen) atoms. The fourth-order valence-corrected chi connectivity index (χ4v) is 6.12. The van der Waals surface area contributed by atoms with Crippen LogP contribution >= 0.6 is 23.3 Å². The van der Waals surface area contributed by atoms with E-state index < -0.39 is 29.2 Å². The molecule has 206 valence electrons. The van der Waals surface area contributed by atoms with Gasteiger partial charge in [-0.2, -0.15) is 9.36 Å². The lowest BCUT2D eigenvalue weighted by atomic mass is 10.0. The van der Waals surface area contributed by atoms with Crippen molar-refractivity contribution in [2.75, 3.05) is 16.8 Å². The Labute approximate surface area is 233 Å². The highest BCUT2D eigenvalue weighted by Crippen LogP contribution is 2.40. The van der Waals surface area contributed by atoms with Gasteiger partial charge in [0.25, 0.3) is 17.6 Å². The van der Waals surface area contributed by atoms with E-state index >= 15 is 0 Å². The quantitative estimate of drug-likeness (QED) is 0.0752. The van der Waals surface area contributed by atoms with Crippen molar-refractivity contribution in [3.8, 4) is 0 Å². The number of hydrogen-bond acceptors (Lipinski definition) is 13. The van der Waals surface area contributed by atoms with E-state index in [-0.39, 0.29) is 40.8 Å². The van der Waals surface area contributed by atoms with E-state index in [0.29, 0.717) is 23.4 Å². The van der Waals surface area contributed by atoms with E-state index in [1.165, 1.54) is 16.3 Å². The number of fused-ring (bicyclic) bond motifs is 2. The molecule has 16 nitrogen and oxygen atoms in total. The van der Waals surface area contributed by atoms with E-state index in [1.54, 1.807) is 29.1 Å². The molecular formula is C22H20N10O6S2. The van der Waals surface area contributed by atoms with Crippen LogP contribution in [0.25, 0.3) is 5.65 Å². The third kappa shape index (κ3) is 4.60. The van der Waals surface area contributed by atoms with E-state index in [1.807, 2.05) is 0 Å². The van der Waals surface area contributed by atoms with Crippen molar-refractivity contribution in [1.82, 2.24) is 29.2 Å². The molecule has 1 saturated heterocycles. The Morgan fingerprint density at radius 1 is 1.38 bits per heavy atom. The summed E-state index contributed by atoms with van der Waals surface area (Å²) < 4.78 is 7.21. The predicted molar refractivity (Wildman–Crippen MR) is 137 cm³/mol. The summed E-state index contributed by atoms with van der Waals surface area (Å²) >= 11 is 2.17. The number of nitrogens with two attached hydrogens (primary N) is 1. The molecule has 0 spiro atoms. The monoisotopic (exact) mass is 584 g/mol. The Balaban J connectivity index is 1.23. The van der Waals surface area contributed by atoms with Crippen molar-refractivity contribution >= 4 is 69.8 Å². The zero-order chi connectivity index (χ0) is 28.0. The predicted octanol–water partition coefficient (Wildman–Crippen LogP) is -2.39. The number of imidazole rings is 1. The molecule has 5 heterocycles. The summed E-state index contributed by atoms with van der Waals surface area (Å²) in [5.74, 6) is -2.30. The fourth-order valence-electron chi connectivity index (χ4n) is 4.35. The second kappa shape index (κ2) is 10.2. The average Bonchev–Trinajstić information content (AvgIpc) is 3.58. The highest BCUT2D eigenvalue weighted by molar-refractivity contribution is 8.00. The molecule has 1 saturated carbocycles. The number of rotatable bonds is 10. The van der Waals surface area contributed by atoms with Crippen molar-refractivity contribution in [2.24, 2.45) is 5.16 Å². The summed E-state index contributed by atoms with van der Waals surface area (Å²) in [6.45, 7) is 0.0891. The second-order valence-electron chi connectivity index (χ2n) is 9.00. The van der Waals surface area contributed by atoms with Gasteiger partial charge in [-0.15, -0.1) is 11.8 Å². The molecule has 0 bridgehead atoms. The number of aliphatic carboxylic acids is 1. The number of anilines is 2. The first-order valence-electron chi connectivity index (χ1n) is 11.9. The Morgan fingerprint density at radius 2 is 2.20 bits per heavy atom. The molecule has 3 amide bonds. The van der Waals surface area contributed by atoms with Crippen molar-refractivity contribution < 1.29 is 33.7 Å². The lowest BCUT2D eigenvalue weighted by molar-refractivity contribution is -0.662. The van der Waals surface area contributed by atoms with E-state index in [9.17, 15) is 24.3 Å². The fraction of sp³-hybridized carbons (Fsp3) is 0.318. The van der Waals surface area contributed by atoms with Crippen molar-refractivity contribution in [3.05, 3.63) is 41.6 Å². The van der Waals surface area contributed by atoms with Crippen molar-refractivity contribution in [1.29, 1.82) is 0 Å². The summed E-state index contributed by atoms with van der Waals surface area (Å²) in [6, 6.07) is 2.43. The van der Waals surface area contributed by atoms with Crippen LogP contribution in [0.4, 0.5) is 10.9 Å². The lowest BCUT2D eigenvalue weighted by Gasteiger charge is -2.50. The number of carboxylic acids is 1. The van der Waals surface area contributed by atoms with Crippen LogP contribution in [0.3, 0.4) is 0 Å². The summed E-state index contributed by atoms with van der Waals surface area (Å²) in [7, 11) is 0. The Kier molecular flexibility index (Phi) is 6.54. The van der Waals surface area contributed by atoms with Gasteiger partial charge in [0.2, 0.25) is 17.9 Å². The Morgan fingerprint density at radius 3 is 2.90 bits per heavy atom. The number of nitrogens with zero attached hydrogens (tertiary/aromatic N) is 7. The van der Waals surface area contributed by atoms with Gasteiger partial charge in [-0.25, -0.2) is 4.57 Å². The highest BCUT2D eigenvalue weighted by atomic mass is 32.2. The zero-order valence-electron chi connectivity index (χ0n) is 20.4. The second-order valence-corrected chi connectivity index (χ2v) is 10.9. The molecule has 1 aliphatic carbocycles. The molecule has 2 aliphatic heterocycles. The number of oxime groups is 1. The third-order valence-electron chi connectivity index (χ3n) is 6.31. The summed E-state index contributed by atoms with van der Waals surface area (Å²) in [5.41, 5.74) is 6.16. The Bertz CT molecular complexity index is 1610. The molecule has 18 heteroatoms. The number of carbonyl (C=O) groups is 4. The van der Waals surface area contributed by atoms with Crippen LogP contribution in [0.2, 0.25) is 0 Å². The van der Waals surface area contributed by atoms with Gasteiger partial charge in [-0.05, 0) is 18.9 Å². The van der Waals surface area contributed by atoms with E-state index in [2.05, 4.69) is 30.2 Å². The van der Waals surface area contributed by atoms with Crippen LogP contribution in [0, 0.1) is 0 Å². The topological polar surface area (TPSA) is 213 Å². The molecule has 3 aromatic rings. The average molecular weight is 585 g/mol. The number of nitrogen functional groups attached to an aromatic ring is 1. The number of β-lactam (4-membered cyclic amide) rings is 1. The standard InChI is InChI=1S/C22H20N10O6S2/c23-22-27-17(29-40-22)14(28-38-11-3-4-11)18(34)26-15-19(35)31-16(21(36)37)10(8-39-20(15)31)6-30-7-12(24-9-33)32-13(30)2-1-5-25-32/h1-2,5,7,9,11,15,20H,3-4,6,8H2,(H4-,23,24,25,26,27,29,33,34,36,37)/b28-14-/t15-,20-/m1/s1. The molecule has 0 unspecified atom stereocenters. The number of nitrogens with one attached hydrogen (secondary N) is 2. The zero-order valence-corrected chi connectivity index (χ0v) is 22.1. The number of thioether (sulfide) groups is 1. The lowest BCUT2D eigenvalue weighted by Crippen LogP contribution is -2.71. The van der Waals surface area contributed by atoms with Gasteiger partial charge in [0, 0.05) is 28.9 Å². The number of amides is 3. The molecule has 3 aromatic heterocycles. The minimum atomic E-state index is -1.52. The van der Waals surface area contributed by atoms with Gasteiger partial charge in [0.05, 0.1) is 17.9 Å². The van der Waals surface area contributed by atoms with Crippen LogP contribution in [-0.2, 0) is 30.6 Å². The Hall–Kier alpha value is -4.58.